The molecule has 0 radical (unpaired) electrons. The van der Waals surface area contributed by atoms with Crippen molar-refractivity contribution in [3.63, 3.8) is 0 Å². The summed E-state index contributed by atoms with van der Waals surface area (Å²) < 4.78 is 0. The van der Waals surface area contributed by atoms with E-state index in [9.17, 15) is 9.59 Å². The molecule has 2 atom stereocenters. The third-order valence-corrected chi connectivity index (χ3v) is 5.63. The minimum Gasteiger partial charge on any atom is -0.315 e. The lowest BCUT2D eigenvalue weighted by Crippen LogP contribution is -2.64. The molecule has 27 heavy (non-hydrogen) atoms. The van der Waals surface area contributed by atoms with Gasteiger partial charge in [-0.25, -0.2) is 9.79 Å². The van der Waals surface area contributed by atoms with Crippen molar-refractivity contribution >= 4 is 17.9 Å². The average Bonchev–Trinajstić information content (AvgIpc) is 3.16. The van der Waals surface area contributed by atoms with E-state index in [2.05, 4.69) is 18.7 Å². The van der Waals surface area contributed by atoms with E-state index < -0.39 is 12.2 Å². The van der Waals surface area contributed by atoms with Crippen molar-refractivity contribution < 1.29 is 9.59 Å². The van der Waals surface area contributed by atoms with E-state index in [4.69, 9.17) is 4.99 Å². The van der Waals surface area contributed by atoms with Gasteiger partial charge in [0.25, 0.3) is 5.91 Å². The maximum Gasteiger partial charge on any atom is 0.328 e. The number of likely N-dealkylation sites (N-methyl/N-ethyl adjacent to an activating group) is 1. The summed E-state index contributed by atoms with van der Waals surface area (Å²) in [6, 6.07) is 8.81. The molecule has 2 unspecified atom stereocenters. The fraction of sp³-hybridized carbons (Fsp3) is 0.450. The number of imide groups is 1. The second-order valence-electron chi connectivity index (χ2n) is 7.28. The van der Waals surface area contributed by atoms with Crippen molar-refractivity contribution in [1.82, 2.24) is 19.6 Å². The average molecular weight is 367 g/mol. The van der Waals surface area contributed by atoms with Gasteiger partial charge < -0.3 is 9.80 Å². The van der Waals surface area contributed by atoms with E-state index in [1.165, 1.54) is 4.90 Å². The molecule has 0 saturated carbocycles. The highest BCUT2D eigenvalue weighted by Gasteiger charge is 2.55. The second-order valence-corrected chi connectivity index (χ2v) is 7.28. The smallest absolute Gasteiger partial charge is 0.315 e. The van der Waals surface area contributed by atoms with Crippen LogP contribution in [0.4, 0.5) is 4.79 Å². The molecule has 1 saturated heterocycles. The lowest BCUT2D eigenvalue weighted by atomic mass is 10.1. The number of carbonyl (C=O) groups excluding carboxylic acids is 2. The van der Waals surface area contributed by atoms with Crippen molar-refractivity contribution in [3.8, 4) is 0 Å². The highest BCUT2D eigenvalue weighted by atomic mass is 16.2. The summed E-state index contributed by atoms with van der Waals surface area (Å²) in [6.45, 7) is 7.32. The molecule has 7 heteroatoms. The number of nitrogens with zero attached hydrogens (tertiary/aromatic N) is 5. The van der Waals surface area contributed by atoms with Crippen LogP contribution < -0.4 is 0 Å². The van der Waals surface area contributed by atoms with Gasteiger partial charge in [0.2, 0.25) is 5.96 Å². The minimum absolute atomic E-state index is 0.184. The molecule has 1 fully saturated rings. The second kappa shape index (κ2) is 6.40. The Morgan fingerprint density at radius 2 is 1.74 bits per heavy atom. The Bertz CT molecular complexity index is 847. The first-order valence-electron chi connectivity index (χ1n) is 9.39. The number of guanidine groups is 1. The summed E-state index contributed by atoms with van der Waals surface area (Å²) in [5.41, 5.74) is 3.09. The zero-order chi connectivity index (χ0) is 19.3. The molecular formula is C20H25N5O2. The summed E-state index contributed by atoms with van der Waals surface area (Å²) in [5, 5.41) is 0. The first-order valence-corrected chi connectivity index (χ1v) is 9.39. The molecule has 4 rings (SSSR count). The fourth-order valence-electron chi connectivity index (χ4n) is 4.08. The highest BCUT2D eigenvalue weighted by Crippen LogP contribution is 2.37. The van der Waals surface area contributed by atoms with E-state index in [1.54, 1.807) is 11.9 Å². The third-order valence-electron chi connectivity index (χ3n) is 5.63. The Hall–Kier alpha value is -2.83. The Morgan fingerprint density at radius 3 is 2.41 bits per heavy atom. The molecule has 0 aliphatic carbocycles. The molecule has 0 N–H and O–H groups in total. The van der Waals surface area contributed by atoms with Crippen molar-refractivity contribution in [3.05, 3.63) is 47.3 Å². The van der Waals surface area contributed by atoms with Crippen LogP contribution in [0.5, 0.6) is 0 Å². The maximum absolute atomic E-state index is 13.3. The summed E-state index contributed by atoms with van der Waals surface area (Å²) >= 11 is 0. The van der Waals surface area contributed by atoms with Crippen LogP contribution in [0, 0.1) is 0 Å². The predicted molar refractivity (Wildman–Crippen MR) is 102 cm³/mol. The lowest BCUT2D eigenvalue weighted by molar-refractivity contribution is -0.137. The van der Waals surface area contributed by atoms with Gasteiger partial charge >= 0.3 is 6.03 Å². The Kier molecular flexibility index (Phi) is 4.17. The lowest BCUT2D eigenvalue weighted by Gasteiger charge is -2.40. The van der Waals surface area contributed by atoms with E-state index in [-0.39, 0.29) is 18.5 Å². The van der Waals surface area contributed by atoms with E-state index in [0.717, 1.165) is 35.9 Å². The Balaban J connectivity index is 1.68. The van der Waals surface area contributed by atoms with Gasteiger partial charge in [-0.3, -0.25) is 14.6 Å². The molecule has 0 aromatic heterocycles. The summed E-state index contributed by atoms with van der Waals surface area (Å²) in [4.78, 5) is 38.1. The highest BCUT2D eigenvalue weighted by molar-refractivity contribution is 6.05. The van der Waals surface area contributed by atoms with Crippen LogP contribution in [0.3, 0.4) is 0 Å². The number of carbonyl (C=O) groups is 2. The van der Waals surface area contributed by atoms with E-state index in [0.29, 0.717) is 0 Å². The molecule has 7 nitrogen and oxygen atoms in total. The SMILES string of the molecule is CCCN1C2=NC3C(C(=O)N(Cc4ccccc4)C(=O)N3C)N2C(C)=C1C. The van der Waals surface area contributed by atoms with Gasteiger partial charge in [0.05, 0.1) is 6.54 Å². The fourth-order valence-corrected chi connectivity index (χ4v) is 4.08. The van der Waals surface area contributed by atoms with Gasteiger partial charge in [0, 0.05) is 25.0 Å². The van der Waals surface area contributed by atoms with Gasteiger partial charge in [0.1, 0.15) is 0 Å². The molecule has 3 amide bonds. The number of urea groups is 1. The van der Waals surface area contributed by atoms with Gasteiger partial charge in [-0.2, -0.15) is 0 Å². The monoisotopic (exact) mass is 367 g/mol. The maximum atomic E-state index is 13.3. The molecule has 1 aromatic carbocycles. The standard InChI is InChI=1S/C20H25N5O2/c1-5-11-23-13(2)14(3)25-16-17(21-19(23)25)22(4)20(27)24(18(16)26)12-15-9-7-6-8-10-15/h6-10,16-17H,5,11-12H2,1-4H3. The van der Waals surface area contributed by atoms with Crippen LogP contribution in [0.15, 0.2) is 46.7 Å². The molecule has 0 spiro atoms. The topological polar surface area (TPSA) is 59.5 Å². The molecule has 1 aromatic rings. The third kappa shape index (κ3) is 2.52. The Morgan fingerprint density at radius 1 is 1.04 bits per heavy atom. The number of fused-ring (bicyclic) bond motifs is 3. The van der Waals surface area contributed by atoms with E-state index in [1.807, 2.05) is 42.2 Å². The number of hydrogen-bond acceptors (Lipinski definition) is 5. The van der Waals surface area contributed by atoms with Gasteiger partial charge in [-0.05, 0) is 25.8 Å². The van der Waals surface area contributed by atoms with Crippen molar-refractivity contribution in [1.29, 1.82) is 0 Å². The first kappa shape index (κ1) is 17.6. The largest absolute Gasteiger partial charge is 0.328 e. The minimum atomic E-state index is -0.497. The van der Waals surface area contributed by atoms with Gasteiger partial charge in [0.15, 0.2) is 12.2 Å². The summed E-state index contributed by atoms with van der Waals surface area (Å²) in [5.74, 6) is 0.604. The van der Waals surface area contributed by atoms with E-state index >= 15 is 0 Å². The van der Waals surface area contributed by atoms with Crippen molar-refractivity contribution in [2.24, 2.45) is 4.99 Å². The molecule has 3 aliphatic rings. The molecule has 142 valence electrons. The molecule has 0 bridgehead atoms. The molecule has 3 heterocycles. The molecule has 3 aliphatic heterocycles. The zero-order valence-electron chi connectivity index (χ0n) is 16.2. The number of benzene rings is 1. The van der Waals surface area contributed by atoms with Crippen LogP contribution in [0.1, 0.15) is 32.8 Å². The quantitative estimate of drug-likeness (QED) is 0.820. The van der Waals surface area contributed by atoms with Gasteiger partial charge in [-0.15, -0.1) is 0 Å². The number of rotatable bonds is 4. The van der Waals surface area contributed by atoms with Crippen LogP contribution in [0.2, 0.25) is 0 Å². The normalized spacial score (nSPS) is 24.7. The van der Waals surface area contributed by atoms with Crippen LogP contribution in [0.25, 0.3) is 0 Å². The molecular weight excluding hydrogens is 342 g/mol. The number of amides is 3. The first-order chi connectivity index (χ1) is 13.0. The van der Waals surface area contributed by atoms with Crippen LogP contribution in [-0.2, 0) is 11.3 Å². The number of allylic oxidation sites excluding steroid dienone is 2. The number of hydrogen-bond donors (Lipinski definition) is 0. The summed E-state index contributed by atoms with van der Waals surface area (Å²) in [7, 11) is 1.73. The van der Waals surface area contributed by atoms with Gasteiger partial charge in [-0.1, -0.05) is 37.3 Å². The van der Waals surface area contributed by atoms with Crippen molar-refractivity contribution in [2.75, 3.05) is 13.6 Å². The Labute approximate surface area is 159 Å². The zero-order valence-corrected chi connectivity index (χ0v) is 16.2. The van der Waals surface area contributed by atoms with Crippen LogP contribution >= 0.6 is 0 Å². The predicted octanol–water partition coefficient (Wildman–Crippen LogP) is 2.42. The summed E-state index contributed by atoms with van der Waals surface area (Å²) in [6.07, 6.45) is 0.504. The van der Waals surface area contributed by atoms with Crippen molar-refractivity contribution in [2.45, 2.75) is 45.9 Å². The number of aliphatic imine (C=N–C) groups is 1. The van der Waals surface area contributed by atoms with Crippen LogP contribution in [-0.4, -0.2) is 63.3 Å².